The van der Waals surface area contributed by atoms with Crippen LogP contribution in [0.2, 0.25) is 0 Å². The lowest BCUT2D eigenvalue weighted by Crippen LogP contribution is -2.39. The molecule has 0 aliphatic heterocycles. The quantitative estimate of drug-likeness (QED) is 0.823. The third-order valence-corrected chi connectivity index (χ3v) is 3.68. The highest BCUT2D eigenvalue weighted by Crippen LogP contribution is 2.18. The Morgan fingerprint density at radius 2 is 2.09 bits per heavy atom. The Morgan fingerprint density at radius 1 is 1.41 bits per heavy atom. The molecule has 2 N–H and O–H groups in total. The van der Waals surface area contributed by atoms with E-state index in [4.69, 9.17) is 0 Å². The second kappa shape index (κ2) is 7.51. The molecule has 2 rings (SSSR count). The lowest BCUT2D eigenvalue weighted by molar-refractivity contribution is 0.0944. The molecule has 0 fully saturated rings. The number of benzene rings is 1. The number of rotatable bonds is 6. The summed E-state index contributed by atoms with van der Waals surface area (Å²) in [5, 5.41) is 10.3. The maximum atomic E-state index is 12.9. The summed E-state index contributed by atoms with van der Waals surface area (Å²) in [6, 6.07) is 6.09. The number of nitrogens with one attached hydrogen (secondary N) is 2. The van der Waals surface area contributed by atoms with Gasteiger partial charge in [0.15, 0.2) is 5.69 Å². The molecule has 1 aromatic carbocycles. The molecule has 1 amide bonds. The van der Waals surface area contributed by atoms with Crippen molar-refractivity contribution >= 4 is 21.8 Å². The fraction of sp³-hybridized carbons (Fsp3) is 0.333. The van der Waals surface area contributed by atoms with Crippen molar-refractivity contribution in [2.75, 3.05) is 13.1 Å². The highest BCUT2D eigenvalue weighted by molar-refractivity contribution is 9.10. The Morgan fingerprint density at radius 3 is 2.73 bits per heavy atom. The van der Waals surface area contributed by atoms with E-state index < -0.39 is 0 Å². The first-order valence-corrected chi connectivity index (χ1v) is 7.83. The SMILES string of the molecule is CCN[C@H](C)CNC(=O)c1nn(-c2ccc(F)cc2)cc1Br. The van der Waals surface area contributed by atoms with Crippen molar-refractivity contribution in [3.8, 4) is 5.69 Å². The lowest BCUT2D eigenvalue weighted by Gasteiger charge is -2.12. The topological polar surface area (TPSA) is 58.9 Å². The molecule has 1 atom stereocenters. The molecule has 0 aliphatic rings. The second-order valence-corrected chi connectivity index (χ2v) is 5.77. The molecule has 0 spiro atoms. The minimum Gasteiger partial charge on any atom is -0.349 e. The molecule has 22 heavy (non-hydrogen) atoms. The monoisotopic (exact) mass is 368 g/mol. The smallest absolute Gasteiger partial charge is 0.273 e. The first-order chi connectivity index (χ1) is 10.5. The van der Waals surface area contributed by atoms with Gasteiger partial charge in [0, 0.05) is 18.8 Å². The summed E-state index contributed by atoms with van der Waals surface area (Å²) in [7, 11) is 0. The lowest BCUT2D eigenvalue weighted by atomic mass is 10.3. The molecule has 1 heterocycles. The van der Waals surface area contributed by atoms with Gasteiger partial charge in [0.1, 0.15) is 5.82 Å². The van der Waals surface area contributed by atoms with E-state index >= 15 is 0 Å². The van der Waals surface area contributed by atoms with Crippen molar-refractivity contribution in [3.05, 3.63) is 46.4 Å². The molecule has 0 aliphatic carbocycles. The zero-order chi connectivity index (χ0) is 16.1. The van der Waals surface area contributed by atoms with Gasteiger partial charge in [-0.1, -0.05) is 6.92 Å². The van der Waals surface area contributed by atoms with Gasteiger partial charge in [0.25, 0.3) is 5.91 Å². The normalized spacial score (nSPS) is 12.2. The van der Waals surface area contributed by atoms with E-state index in [1.807, 2.05) is 13.8 Å². The Bertz CT molecular complexity index is 641. The molecule has 7 heteroatoms. The first kappa shape index (κ1) is 16.6. The van der Waals surface area contributed by atoms with Gasteiger partial charge in [-0.05, 0) is 53.7 Å². The van der Waals surface area contributed by atoms with E-state index in [1.165, 1.54) is 16.8 Å². The highest BCUT2D eigenvalue weighted by atomic mass is 79.9. The summed E-state index contributed by atoms with van der Waals surface area (Å²) in [6.45, 7) is 5.37. The van der Waals surface area contributed by atoms with E-state index in [2.05, 4.69) is 31.7 Å². The maximum absolute atomic E-state index is 12.9. The second-order valence-electron chi connectivity index (χ2n) is 4.92. The van der Waals surface area contributed by atoms with E-state index in [0.29, 0.717) is 22.4 Å². The molecule has 2 aromatic rings. The fourth-order valence-electron chi connectivity index (χ4n) is 1.98. The van der Waals surface area contributed by atoms with Gasteiger partial charge in [0.2, 0.25) is 0 Å². The van der Waals surface area contributed by atoms with Crippen LogP contribution < -0.4 is 10.6 Å². The number of carbonyl (C=O) groups is 1. The summed E-state index contributed by atoms with van der Waals surface area (Å²) in [4.78, 5) is 12.2. The van der Waals surface area contributed by atoms with E-state index in [0.717, 1.165) is 6.54 Å². The van der Waals surface area contributed by atoms with Crippen LogP contribution in [-0.2, 0) is 0 Å². The molecule has 0 bridgehead atoms. The molecule has 118 valence electrons. The van der Waals surface area contributed by atoms with Crippen LogP contribution in [0.1, 0.15) is 24.3 Å². The number of likely N-dealkylation sites (N-methyl/N-ethyl adjacent to an activating group) is 1. The van der Waals surface area contributed by atoms with E-state index in [1.54, 1.807) is 18.3 Å². The van der Waals surface area contributed by atoms with Crippen LogP contribution in [-0.4, -0.2) is 34.8 Å². The molecular weight excluding hydrogens is 351 g/mol. The molecule has 0 saturated carbocycles. The van der Waals surface area contributed by atoms with Crippen molar-refractivity contribution < 1.29 is 9.18 Å². The van der Waals surface area contributed by atoms with Gasteiger partial charge < -0.3 is 10.6 Å². The fourth-order valence-corrected chi connectivity index (χ4v) is 2.44. The molecular formula is C15H18BrFN4O. The Balaban J connectivity index is 2.09. The van der Waals surface area contributed by atoms with Crippen molar-refractivity contribution in [2.24, 2.45) is 0 Å². The molecule has 1 aromatic heterocycles. The minimum atomic E-state index is -0.314. The van der Waals surface area contributed by atoms with Crippen molar-refractivity contribution in [2.45, 2.75) is 19.9 Å². The predicted molar refractivity (Wildman–Crippen MR) is 86.7 cm³/mol. The zero-order valence-corrected chi connectivity index (χ0v) is 14.0. The number of carbonyl (C=O) groups excluding carboxylic acids is 1. The van der Waals surface area contributed by atoms with Gasteiger partial charge >= 0.3 is 0 Å². The Labute approximate surface area is 137 Å². The summed E-state index contributed by atoms with van der Waals surface area (Å²) in [6.07, 6.45) is 1.68. The van der Waals surface area contributed by atoms with E-state index in [9.17, 15) is 9.18 Å². The standard InChI is InChI=1S/C15H18BrFN4O/c1-3-18-10(2)8-19-15(22)14-13(16)9-21(20-14)12-6-4-11(17)5-7-12/h4-7,9-10,18H,3,8H2,1-2H3,(H,19,22)/t10-/m1/s1. The van der Waals surface area contributed by atoms with Gasteiger partial charge in [-0.2, -0.15) is 5.10 Å². The zero-order valence-electron chi connectivity index (χ0n) is 12.4. The number of halogens is 2. The van der Waals surface area contributed by atoms with Crippen molar-refractivity contribution in [1.29, 1.82) is 0 Å². The van der Waals surface area contributed by atoms with Crippen LogP contribution in [0, 0.1) is 5.82 Å². The van der Waals surface area contributed by atoms with E-state index in [-0.39, 0.29) is 17.8 Å². The summed E-state index contributed by atoms with van der Waals surface area (Å²) in [5.74, 6) is -0.567. The summed E-state index contributed by atoms with van der Waals surface area (Å²) in [5.41, 5.74) is 0.982. The Kier molecular flexibility index (Phi) is 5.68. The third-order valence-electron chi connectivity index (χ3n) is 3.10. The predicted octanol–water partition coefficient (Wildman–Crippen LogP) is 2.50. The maximum Gasteiger partial charge on any atom is 0.273 e. The number of hydrogen-bond acceptors (Lipinski definition) is 3. The van der Waals surface area contributed by atoms with Crippen LogP contribution >= 0.6 is 15.9 Å². The number of nitrogens with zero attached hydrogens (tertiary/aromatic N) is 2. The van der Waals surface area contributed by atoms with Gasteiger partial charge in [0.05, 0.1) is 10.2 Å². The Hall–Kier alpha value is -1.73. The number of aromatic nitrogens is 2. The van der Waals surface area contributed by atoms with Crippen molar-refractivity contribution in [3.63, 3.8) is 0 Å². The van der Waals surface area contributed by atoms with Gasteiger partial charge in [-0.3, -0.25) is 4.79 Å². The number of amides is 1. The highest BCUT2D eigenvalue weighted by Gasteiger charge is 2.16. The minimum absolute atomic E-state index is 0.187. The first-order valence-electron chi connectivity index (χ1n) is 7.04. The summed E-state index contributed by atoms with van der Waals surface area (Å²) >= 11 is 3.33. The van der Waals surface area contributed by atoms with Crippen molar-refractivity contribution in [1.82, 2.24) is 20.4 Å². The van der Waals surface area contributed by atoms with Crippen LogP contribution in [0.3, 0.4) is 0 Å². The van der Waals surface area contributed by atoms with Crippen LogP contribution in [0.5, 0.6) is 0 Å². The van der Waals surface area contributed by atoms with Gasteiger partial charge in [-0.25, -0.2) is 9.07 Å². The average Bonchev–Trinajstić information content (AvgIpc) is 2.88. The van der Waals surface area contributed by atoms with Crippen LogP contribution in [0.4, 0.5) is 4.39 Å². The average molecular weight is 369 g/mol. The van der Waals surface area contributed by atoms with Gasteiger partial charge in [-0.15, -0.1) is 0 Å². The molecule has 0 saturated heterocycles. The summed E-state index contributed by atoms with van der Waals surface area (Å²) < 4.78 is 15.1. The molecule has 0 radical (unpaired) electrons. The largest absolute Gasteiger partial charge is 0.349 e. The van der Waals surface area contributed by atoms with Crippen LogP contribution in [0.25, 0.3) is 5.69 Å². The molecule has 0 unspecified atom stereocenters. The van der Waals surface area contributed by atoms with Crippen LogP contribution in [0.15, 0.2) is 34.9 Å². The third kappa shape index (κ3) is 4.14. The number of hydrogen-bond donors (Lipinski definition) is 2. The molecule has 5 nitrogen and oxygen atoms in total.